The van der Waals surface area contributed by atoms with Gasteiger partial charge in [-0.2, -0.15) is 4.98 Å². The van der Waals surface area contributed by atoms with Crippen LogP contribution < -0.4 is 5.32 Å². The van der Waals surface area contributed by atoms with E-state index in [2.05, 4.69) is 15.5 Å². The van der Waals surface area contributed by atoms with Crippen LogP contribution in [0.3, 0.4) is 0 Å². The molecule has 21 heavy (non-hydrogen) atoms. The summed E-state index contributed by atoms with van der Waals surface area (Å²) in [6, 6.07) is 1.64. The number of carbonyl (C=O) groups excluding carboxylic acids is 1. The van der Waals surface area contributed by atoms with Crippen LogP contribution in [0.5, 0.6) is 0 Å². The first-order valence-corrected chi connectivity index (χ1v) is 7.23. The summed E-state index contributed by atoms with van der Waals surface area (Å²) in [6.45, 7) is 3.68. The molecule has 7 heteroatoms. The second kappa shape index (κ2) is 4.87. The minimum absolute atomic E-state index is 0.193. The molecule has 1 amide bonds. The molecule has 0 bridgehead atoms. The average Bonchev–Trinajstić information content (AvgIpc) is 3.10. The Bertz CT molecular complexity index is 689. The Morgan fingerprint density at radius 1 is 1.57 bits per heavy atom. The molecular weight excluding hydrogens is 292 g/mol. The molecule has 0 radical (unpaired) electrons. The first kappa shape index (κ1) is 14.1. The van der Waals surface area contributed by atoms with Crippen LogP contribution >= 0.6 is 11.6 Å². The number of rotatable bonds is 4. The molecule has 0 saturated heterocycles. The highest BCUT2D eigenvalue weighted by atomic mass is 35.5. The molecule has 1 N–H and O–H groups in total. The minimum Gasteiger partial charge on any atom is -0.345 e. The van der Waals surface area contributed by atoms with E-state index >= 15 is 0 Å². The highest BCUT2D eigenvalue weighted by Gasteiger charge is 2.47. The maximum atomic E-state index is 12.5. The number of aromatic nitrogens is 3. The van der Waals surface area contributed by atoms with E-state index in [9.17, 15) is 4.79 Å². The van der Waals surface area contributed by atoms with Crippen molar-refractivity contribution < 1.29 is 9.32 Å². The number of aryl methyl sites for hydroxylation is 2. The third-order valence-corrected chi connectivity index (χ3v) is 4.17. The molecule has 3 rings (SSSR count). The third-order valence-electron chi connectivity index (χ3n) is 3.96. The summed E-state index contributed by atoms with van der Waals surface area (Å²) in [4.78, 5) is 16.8. The standard InChI is InChI=1S/C14H17ClN4O2/c1-8-16-13(18-21-8)14(2,9-4-5-9)17-12(20)11-6-10(15)7-19(11)3/h6-7,9H,4-5H2,1-3H3,(H,17,20)/t14-/m0/s1. The van der Waals surface area contributed by atoms with Crippen LogP contribution in [-0.2, 0) is 12.6 Å². The number of nitrogens with zero attached hydrogens (tertiary/aromatic N) is 3. The maximum absolute atomic E-state index is 12.5. The van der Waals surface area contributed by atoms with Gasteiger partial charge in [-0.1, -0.05) is 16.8 Å². The van der Waals surface area contributed by atoms with Crippen molar-refractivity contribution in [2.24, 2.45) is 13.0 Å². The topological polar surface area (TPSA) is 73.0 Å². The minimum atomic E-state index is -0.619. The highest BCUT2D eigenvalue weighted by Crippen LogP contribution is 2.44. The lowest BCUT2D eigenvalue weighted by atomic mass is 9.94. The van der Waals surface area contributed by atoms with Gasteiger partial charge in [-0.05, 0) is 31.7 Å². The molecule has 0 spiro atoms. The first-order chi connectivity index (χ1) is 9.90. The zero-order chi connectivity index (χ0) is 15.2. The van der Waals surface area contributed by atoms with Crippen molar-refractivity contribution in [2.75, 3.05) is 0 Å². The summed E-state index contributed by atoms with van der Waals surface area (Å²) in [5.41, 5.74) is -0.113. The van der Waals surface area contributed by atoms with Gasteiger partial charge in [0.25, 0.3) is 5.91 Å². The summed E-state index contributed by atoms with van der Waals surface area (Å²) < 4.78 is 6.77. The smallest absolute Gasteiger partial charge is 0.268 e. The molecule has 2 heterocycles. The molecule has 2 aromatic rings. The lowest BCUT2D eigenvalue weighted by molar-refractivity contribution is 0.0877. The number of hydrogen-bond acceptors (Lipinski definition) is 4. The van der Waals surface area contributed by atoms with Crippen LogP contribution in [0.2, 0.25) is 5.02 Å². The van der Waals surface area contributed by atoms with Gasteiger partial charge in [0.2, 0.25) is 5.89 Å². The van der Waals surface area contributed by atoms with E-state index in [0.717, 1.165) is 12.8 Å². The lowest BCUT2D eigenvalue weighted by Gasteiger charge is -2.27. The molecule has 1 atom stereocenters. The normalized spacial score (nSPS) is 17.5. The zero-order valence-electron chi connectivity index (χ0n) is 12.2. The van der Waals surface area contributed by atoms with Crippen LogP contribution in [0.1, 0.15) is 42.0 Å². The van der Waals surface area contributed by atoms with Gasteiger partial charge >= 0.3 is 0 Å². The molecule has 0 aromatic carbocycles. The van der Waals surface area contributed by atoms with Crippen LogP contribution in [0, 0.1) is 12.8 Å². The van der Waals surface area contributed by atoms with Gasteiger partial charge in [0.05, 0.1) is 5.02 Å². The molecular formula is C14H17ClN4O2. The van der Waals surface area contributed by atoms with Crippen LogP contribution in [0.25, 0.3) is 0 Å². The van der Waals surface area contributed by atoms with E-state index in [0.29, 0.717) is 28.3 Å². The van der Waals surface area contributed by atoms with Gasteiger partial charge in [-0.15, -0.1) is 0 Å². The first-order valence-electron chi connectivity index (χ1n) is 6.85. The largest absolute Gasteiger partial charge is 0.345 e. The Labute approximate surface area is 127 Å². The van der Waals surface area contributed by atoms with Gasteiger partial charge in [-0.25, -0.2) is 0 Å². The second-order valence-electron chi connectivity index (χ2n) is 5.72. The van der Waals surface area contributed by atoms with Crippen LogP contribution in [0.15, 0.2) is 16.8 Å². The van der Waals surface area contributed by atoms with Crippen molar-refractivity contribution in [2.45, 2.75) is 32.2 Å². The summed E-state index contributed by atoms with van der Waals surface area (Å²) in [7, 11) is 1.79. The zero-order valence-corrected chi connectivity index (χ0v) is 12.9. The van der Waals surface area contributed by atoms with Crippen molar-refractivity contribution in [1.82, 2.24) is 20.0 Å². The molecule has 1 fully saturated rings. The fourth-order valence-electron chi connectivity index (χ4n) is 2.56. The molecule has 2 aromatic heterocycles. The van der Waals surface area contributed by atoms with Gasteiger partial charge in [0.15, 0.2) is 5.82 Å². The number of halogens is 1. The Kier molecular flexibility index (Phi) is 3.28. The SMILES string of the molecule is Cc1nc([C@@](C)(NC(=O)c2cc(Cl)cn2C)C2CC2)no1. The Hall–Kier alpha value is -1.82. The number of nitrogens with one attached hydrogen (secondary N) is 1. The molecule has 112 valence electrons. The molecule has 0 aliphatic heterocycles. The van der Waals surface area contributed by atoms with E-state index in [1.165, 1.54) is 0 Å². The summed E-state index contributed by atoms with van der Waals surface area (Å²) in [6.07, 6.45) is 3.78. The quantitative estimate of drug-likeness (QED) is 0.941. The number of carbonyl (C=O) groups is 1. The van der Waals surface area contributed by atoms with Crippen LogP contribution in [-0.4, -0.2) is 20.6 Å². The van der Waals surface area contributed by atoms with Crippen molar-refractivity contribution in [3.63, 3.8) is 0 Å². The Balaban J connectivity index is 1.89. The van der Waals surface area contributed by atoms with Crippen molar-refractivity contribution in [1.29, 1.82) is 0 Å². The predicted octanol–water partition coefficient (Wildman–Crippen LogP) is 2.43. The second-order valence-corrected chi connectivity index (χ2v) is 6.16. The monoisotopic (exact) mass is 308 g/mol. The number of hydrogen-bond donors (Lipinski definition) is 1. The van der Waals surface area contributed by atoms with Gasteiger partial charge in [0, 0.05) is 20.2 Å². The summed E-state index contributed by atoms with van der Waals surface area (Å²) >= 11 is 5.94. The van der Waals surface area contributed by atoms with E-state index in [-0.39, 0.29) is 5.91 Å². The van der Waals surface area contributed by atoms with Crippen molar-refractivity contribution in [3.8, 4) is 0 Å². The van der Waals surface area contributed by atoms with Gasteiger partial charge in [0.1, 0.15) is 11.2 Å². The predicted molar refractivity (Wildman–Crippen MR) is 77.0 cm³/mol. The fraction of sp³-hybridized carbons (Fsp3) is 0.500. The number of amides is 1. The fourth-order valence-corrected chi connectivity index (χ4v) is 2.81. The van der Waals surface area contributed by atoms with E-state index < -0.39 is 5.54 Å². The van der Waals surface area contributed by atoms with Gasteiger partial charge < -0.3 is 14.4 Å². The van der Waals surface area contributed by atoms with Crippen LogP contribution in [0.4, 0.5) is 0 Å². The van der Waals surface area contributed by atoms with Crippen molar-refractivity contribution in [3.05, 3.63) is 34.7 Å². The molecule has 1 aliphatic carbocycles. The maximum Gasteiger partial charge on any atom is 0.268 e. The summed E-state index contributed by atoms with van der Waals surface area (Å²) in [5, 5.41) is 7.58. The molecule has 0 unspecified atom stereocenters. The van der Waals surface area contributed by atoms with E-state index in [1.807, 2.05) is 6.92 Å². The lowest BCUT2D eigenvalue weighted by Crippen LogP contribution is -2.46. The van der Waals surface area contributed by atoms with Crippen molar-refractivity contribution >= 4 is 17.5 Å². The summed E-state index contributed by atoms with van der Waals surface area (Å²) in [5.74, 6) is 1.15. The Morgan fingerprint density at radius 3 is 2.76 bits per heavy atom. The molecule has 1 saturated carbocycles. The molecule has 6 nitrogen and oxygen atoms in total. The highest BCUT2D eigenvalue weighted by molar-refractivity contribution is 6.31. The third kappa shape index (κ3) is 2.55. The molecule has 1 aliphatic rings. The van der Waals surface area contributed by atoms with E-state index in [1.54, 1.807) is 30.8 Å². The van der Waals surface area contributed by atoms with Gasteiger partial charge in [-0.3, -0.25) is 4.79 Å². The Morgan fingerprint density at radius 2 is 2.29 bits per heavy atom. The van der Waals surface area contributed by atoms with E-state index in [4.69, 9.17) is 16.1 Å². The average molecular weight is 309 g/mol.